The van der Waals surface area contributed by atoms with Crippen LogP contribution >= 0.6 is 23.2 Å². The maximum absolute atomic E-state index is 6.22. The standard InChI is InChI=1S/C31H28Cl2N2/c1-3-30-34-28-18-13-25(20-29(28)35(30)21(2)19-22-7-5-4-6-8-22)31(23-9-14-26(32)15-10-23)24-11-16-27(33)17-12-24/h4-18,20-21,31H,3,19H2,1-2H3. The Bertz CT molecular complexity index is 1380. The number of rotatable bonds is 7. The predicted molar refractivity (Wildman–Crippen MR) is 148 cm³/mol. The zero-order valence-corrected chi connectivity index (χ0v) is 21.5. The number of hydrogen-bond acceptors (Lipinski definition) is 1. The molecule has 4 heteroatoms. The predicted octanol–water partition coefficient (Wildman–Crippen LogP) is 8.89. The first-order valence-corrected chi connectivity index (χ1v) is 12.8. The normalized spacial score (nSPS) is 12.4. The summed E-state index contributed by atoms with van der Waals surface area (Å²) in [6.07, 6.45) is 1.85. The summed E-state index contributed by atoms with van der Waals surface area (Å²) in [5.41, 5.74) is 7.15. The lowest BCUT2D eigenvalue weighted by Gasteiger charge is -2.21. The first-order chi connectivity index (χ1) is 17.0. The fraction of sp³-hybridized carbons (Fsp3) is 0.194. The van der Waals surface area contributed by atoms with Crippen molar-refractivity contribution in [2.24, 2.45) is 0 Å². The van der Waals surface area contributed by atoms with Crippen LogP contribution in [0.1, 0.15) is 53.9 Å². The zero-order chi connectivity index (χ0) is 24.4. The van der Waals surface area contributed by atoms with Crippen molar-refractivity contribution in [2.75, 3.05) is 0 Å². The van der Waals surface area contributed by atoms with Crippen LogP contribution in [0.2, 0.25) is 10.0 Å². The number of benzene rings is 4. The topological polar surface area (TPSA) is 17.8 Å². The minimum absolute atomic E-state index is 0.0618. The molecule has 0 amide bonds. The van der Waals surface area contributed by atoms with E-state index >= 15 is 0 Å². The maximum Gasteiger partial charge on any atom is 0.109 e. The highest BCUT2D eigenvalue weighted by Crippen LogP contribution is 2.35. The fourth-order valence-electron chi connectivity index (χ4n) is 5.01. The summed E-state index contributed by atoms with van der Waals surface area (Å²) in [5, 5.41) is 1.47. The van der Waals surface area contributed by atoms with Crippen molar-refractivity contribution in [3.63, 3.8) is 0 Å². The van der Waals surface area contributed by atoms with E-state index in [1.54, 1.807) is 0 Å². The van der Waals surface area contributed by atoms with Gasteiger partial charge >= 0.3 is 0 Å². The highest BCUT2D eigenvalue weighted by Gasteiger charge is 2.21. The van der Waals surface area contributed by atoms with E-state index in [1.165, 1.54) is 27.8 Å². The number of hydrogen-bond donors (Lipinski definition) is 0. The van der Waals surface area contributed by atoms with E-state index < -0.39 is 0 Å². The van der Waals surface area contributed by atoms with Crippen LogP contribution in [-0.2, 0) is 12.8 Å². The SMILES string of the molecule is CCc1nc2ccc(C(c3ccc(Cl)cc3)c3ccc(Cl)cc3)cc2n1C(C)Cc1ccccc1. The molecular formula is C31H28Cl2N2. The lowest BCUT2D eigenvalue weighted by Crippen LogP contribution is -2.12. The lowest BCUT2D eigenvalue weighted by atomic mass is 9.85. The van der Waals surface area contributed by atoms with Crippen LogP contribution in [0.3, 0.4) is 0 Å². The van der Waals surface area contributed by atoms with E-state index in [4.69, 9.17) is 28.2 Å². The molecule has 1 aromatic heterocycles. The Balaban J connectivity index is 1.63. The average molecular weight is 499 g/mol. The molecule has 0 spiro atoms. The second-order valence-corrected chi connectivity index (χ2v) is 9.95. The average Bonchev–Trinajstić information content (AvgIpc) is 3.25. The molecule has 0 radical (unpaired) electrons. The Kier molecular flexibility index (Phi) is 6.95. The number of aryl methyl sites for hydroxylation is 1. The summed E-state index contributed by atoms with van der Waals surface area (Å²) in [6, 6.07) is 33.9. The molecule has 0 saturated carbocycles. The van der Waals surface area contributed by atoms with Gasteiger partial charge in [-0.1, -0.05) is 90.8 Å². The van der Waals surface area contributed by atoms with Crippen LogP contribution in [0.4, 0.5) is 0 Å². The molecule has 0 aliphatic carbocycles. The monoisotopic (exact) mass is 498 g/mol. The van der Waals surface area contributed by atoms with Crippen molar-refractivity contribution in [1.82, 2.24) is 9.55 Å². The van der Waals surface area contributed by atoms with Gasteiger partial charge < -0.3 is 4.57 Å². The van der Waals surface area contributed by atoms with Crippen molar-refractivity contribution < 1.29 is 0 Å². The molecule has 5 rings (SSSR count). The molecular weight excluding hydrogens is 471 g/mol. The van der Waals surface area contributed by atoms with Gasteiger partial charge in [-0.2, -0.15) is 0 Å². The zero-order valence-electron chi connectivity index (χ0n) is 20.0. The van der Waals surface area contributed by atoms with Gasteiger partial charge in [0.15, 0.2) is 0 Å². The quantitative estimate of drug-likeness (QED) is 0.205. The molecule has 35 heavy (non-hydrogen) atoms. The molecule has 176 valence electrons. The van der Waals surface area contributed by atoms with Gasteiger partial charge in [0.2, 0.25) is 0 Å². The molecule has 2 nitrogen and oxygen atoms in total. The van der Waals surface area contributed by atoms with E-state index in [9.17, 15) is 0 Å². The van der Waals surface area contributed by atoms with Crippen molar-refractivity contribution in [1.29, 1.82) is 0 Å². The first-order valence-electron chi connectivity index (χ1n) is 12.1. The third kappa shape index (κ3) is 5.00. The minimum Gasteiger partial charge on any atom is -0.325 e. The third-order valence-electron chi connectivity index (χ3n) is 6.66. The van der Waals surface area contributed by atoms with E-state index in [0.717, 1.165) is 34.2 Å². The van der Waals surface area contributed by atoms with Crippen molar-refractivity contribution in [2.45, 2.75) is 38.6 Å². The second kappa shape index (κ2) is 10.3. The molecule has 1 heterocycles. The largest absolute Gasteiger partial charge is 0.325 e. The molecule has 0 aliphatic heterocycles. The summed E-state index contributed by atoms with van der Waals surface area (Å²) in [7, 11) is 0. The Hall–Kier alpha value is -3.07. The summed E-state index contributed by atoms with van der Waals surface area (Å²) >= 11 is 12.4. The lowest BCUT2D eigenvalue weighted by molar-refractivity contribution is 0.537. The molecule has 5 aromatic rings. The van der Waals surface area contributed by atoms with E-state index in [-0.39, 0.29) is 12.0 Å². The minimum atomic E-state index is 0.0618. The van der Waals surface area contributed by atoms with Gasteiger partial charge in [-0.3, -0.25) is 0 Å². The van der Waals surface area contributed by atoms with Gasteiger partial charge in [0.1, 0.15) is 5.82 Å². The smallest absolute Gasteiger partial charge is 0.109 e. The Morgan fingerprint density at radius 3 is 1.89 bits per heavy atom. The summed E-state index contributed by atoms with van der Waals surface area (Å²) in [4.78, 5) is 4.99. The first kappa shape index (κ1) is 23.7. The van der Waals surface area contributed by atoms with Crippen LogP contribution in [0.15, 0.2) is 97.1 Å². The molecule has 1 unspecified atom stereocenters. The van der Waals surface area contributed by atoms with Crippen LogP contribution in [0, 0.1) is 0 Å². The highest BCUT2D eigenvalue weighted by molar-refractivity contribution is 6.30. The molecule has 0 fully saturated rings. The van der Waals surface area contributed by atoms with Crippen LogP contribution in [0.25, 0.3) is 11.0 Å². The van der Waals surface area contributed by atoms with Crippen molar-refractivity contribution in [3.05, 3.63) is 135 Å². The fourth-order valence-corrected chi connectivity index (χ4v) is 5.27. The van der Waals surface area contributed by atoms with Gasteiger partial charge in [-0.25, -0.2) is 4.98 Å². The van der Waals surface area contributed by atoms with E-state index in [0.29, 0.717) is 0 Å². The van der Waals surface area contributed by atoms with Crippen molar-refractivity contribution in [3.8, 4) is 0 Å². The van der Waals surface area contributed by atoms with Crippen molar-refractivity contribution >= 4 is 34.2 Å². The Morgan fingerprint density at radius 1 is 0.743 bits per heavy atom. The summed E-state index contributed by atoms with van der Waals surface area (Å²) in [5.74, 6) is 1.18. The number of halogens is 2. The second-order valence-electron chi connectivity index (χ2n) is 9.07. The van der Waals surface area contributed by atoms with E-state index in [1.807, 2.05) is 24.3 Å². The Labute approximate surface area is 217 Å². The van der Waals surface area contributed by atoms with Gasteiger partial charge in [0.05, 0.1) is 11.0 Å². The molecule has 0 bridgehead atoms. The molecule has 0 saturated heterocycles. The van der Waals surface area contributed by atoms with Gasteiger partial charge in [0, 0.05) is 28.4 Å². The molecule has 0 N–H and O–H groups in total. The number of aromatic nitrogens is 2. The van der Waals surface area contributed by atoms with Crippen LogP contribution < -0.4 is 0 Å². The third-order valence-corrected chi connectivity index (χ3v) is 7.16. The number of nitrogens with zero attached hydrogens (tertiary/aromatic N) is 2. The molecule has 1 atom stereocenters. The van der Waals surface area contributed by atoms with Gasteiger partial charge in [-0.15, -0.1) is 0 Å². The van der Waals surface area contributed by atoms with Crippen LogP contribution in [-0.4, -0.2) is 9.55 Å². The summed E-state index contributed by atoms with van der Waals surface area (Å²) in [6.45, 7) is 4.47. The highest BCUT2D eigenvalue weighted by atomic mass is 35.5. The van der Waals surface area contributed by atoms with E-state index in [2.05, 4.69) is 91.2 Å². The maximum atomic E-state index is 6.22. The molecule has 4 aromatic carbocycles. The Morgan fingerprint density at radius 2 is 1.31 bits per heavy atom. The van der Waals surface area contributed by atoms with Gasteiger partial charge in [0.25, 0.3) is 0 Å². The number of imidazole rings is 1. The van der Waals surface area contributed by atoms with Crippen LogP contribution in [0.5, 0.6) is 0 Å². The molecule has 0 aliphatic rings. The number of fused-ring (bicyclic) bond motifs is 1. The van der Waals surface area contributed by atoms with Gasteiger partial charge in [-0.05, 0) is 72.0 Å². The summed E-state index contributed by atoms with van der Waals surface area (Å²) < 4.78 is 2.42.